The fourth-order valence-electron chi connectivity index (χ4n) is 3.67. The Hall–Kier alpha value is -3.23. The number of imidazole rings is 1. The number of aromatic nitrogens is 5. The lowest BCUT2D eigenvalue weighted by molar-refractivity contribution is 0.122. The third-order valence-electron chi connectivity index (χ3n) is 5.44. The summed E-state index contributed by atoms with van der Waals surface area (Å²) in [4.78, 5) is 23.3. The van der Waals surface area contributed by atoms with Crippen LogP contribution >= 0.6 is 11.6 Å². The molecule has 4 heterocycles. The summed E-state index contributed by atoms with van der Waals surface area (Å²) >= 11 is 6.56. The minimum Gasteiger partial charge on any atom is -0.422 e. The fourth-order valence-corrected chi connectivity index (χ4v) is 3.93. The van der Waals surface area contributed by atoms with Gasteiger partial charge in [0, 0.05) is 29.8 Å². The first-order chi connectivity index (χ1) is 15.9. The van der Waals surface area contributed by atoms with E-state index in [1.54, 1.807) is 12.4 Å². The third-order valence-corrected chi connectivity index (χ3v) is 5.72. The van der Waals surface area contributed by atoms with Crippen LogP contribution < -0.4 is 9.64 Å². The smallest absolute Gasteiger partial charge is 0.301 e. The number of hydrogen-bond acceptors (Lipinski definition) is 7. The Kier molecular flexibility index (Phi) is 5.64. The standard InChI is InChI=1S/C24H25ClN6O2/c1-24(2,3)22-26-13-17(14-27-22)33-23-28-19-12-18(25)20(29-21(19)30-23)15-4-6-16(7-5-15)31-8-10-32-11-9-31/h4-7,12-14H,8-11H2,1-3H3,(H,28,29,30). The molecule has 9 heteroatoms. The molecule has 0 saturated carbocycles. The molecule has 170 valence electrons. The van der Waals surface area contributed by atoms with Gasteiger partial charge in [-0.05, 0) is 18.2 Å². The van der Waals surface area contributed by atoms with Crippen LogP contribution in [-0.4, -0.2) is 51.2 Å². The molecule has 4 aromatic rings. The Morgan fingerprint density at radius 1 is 1.03 bits per heavy atom. The van der Waals surface area contributed by atoms with E-state index in [2.05, 4.69) is 62.7 Å². The van der Waals surface area contributed by atoms with E-state index < -0.39 is 0 Å². The molecule has 0 spiro atoms. The number of benzene rings is 1. The number of hydrogen-bond donors (Lipinski definition) is 1. The normalized spacial score (nSPS) is 14.6. The summed E-state index contributed by atoms with van der Waals surface area (Å²) in [6, 6.07) is 10.4. The van der Waals surface area contributed by atoms with E-state index >= 15 is 0 Å². The first-order valence-electron chi connectivity index (χ1n) is 10.9. The Morgan fingerprint density at radius 2 is 1.73 bits per heavy atom. The number of halogens is 1. The molecule has 5 rings (SSSR count). The number of rotatable bonds is 4. The highest BCUT2D eigenvalue weighted by atomic mass is 35.5. The lowest BCUT2D eigenvalue weighted by atomic mass is 9.96. The van der Waals surface area contributed by atoms with Crippen LogP contribution in [0, 0.1) is 0 Å². The average molecular weight is 465 g/mol. The van der Waals surface area contributed by atoms with Crippen molar-refractivity contribution in [2.45, 2.75) is 26.2 Å². The maximum Gasteiger partial charge on any atom is 0.301 e. The number of morpholine rings is 1. The number of ether oxygens (including phenoxy) is 2. The van der Waals surface area contributed by atoms with Crippen LogP contribution in [0.5, 0.6) is 11.8 Å². The quantitative estimate of drug-likeness (QED) is 0.454. The molecule has 33 heavy (non-hydrogen) atoms. The molecular weight excluding hydrogens is 440 g/mol. The molecule has 1 fully saturated rings. The second-order valence-electron chi connectivity index (χ2n) is 8.97. The van der Waals surface area contributed by atoms with Crippen LogP contribution in [-0.2, 0) is 10.2 Å². The molecule has 3 aromatic heterocycles. The van der Waals surface area contributed by atoms with Gasteiger partial charge >= 0.3 is 6.01 Å². The average Bonchev–Trinajstić information content (AvgIpc) is 3.20. The number of pyridine rings is 1. The number of aromatic amines is 1. The lowest BCUT2D eigenvalue weighted by Gasteiger charge is -2.28. The van der Waals surface area contributed by atoms with Crippen molar-refractivity contribution in [2.75, 3.05) is 31.2 Å². The maximum atomic E-state index is 6.56. The molecule has 0 bridgehead atoms. The van der Waals surface area contributed by atoms with Crippen molar-refractivity contribution in [1.29, 1.82) is 0 Å². The van der Waals surface area contributed by atoms with E-state index in [1.165, 1.54) is 0 Å². The van der Waals surface area contributed by atoms with Crippen molar-refractivity contribution in [3.63, 3.8) is 0 Å². The largest absolute Gasteiger partial charge is 0.422 e. The highest BCUT2D eigenvalue weighted by Crippen LogP contribution is 2.31. The second-order valence-corrected chi connectivity index (χ2v) is 9.38. The Labute approximate surface area is 197 Å². The van der Waals surface area contributed by atoms with Crippen LogP contribution in [0.3, 0.4) is 0 Å². The van der Waals surface area contributed by atoms with Gasteiger partial charge in [0.05, 0.1) is 41.8 Å². The van der Waals surface area contributed by atoms with Gasteiger partial charge < -0.3 is 19.4 Å². The number of nitrogens with zero attached hydrogens (tertiary/aromatic N) is 5. The van der Waals surface area contributed by atoms with Crippen LogP contribution in [0.25, 0.3) is 22.4 Å². The lowest BCUT2D eigenvalue weighted by Crippen LogP contribution is -2.36. The van der Waals surface area contributed by atoms with Gasteiger partial charge in [0.1, 0.15) is 5.82 Å². The van der Waals surface area contributed by atoms with E-state index in [4.69, 9.17) is 21.1 Å². The van der Waals surface area contributed by atoms with Crippen molar-refractivity contribution in [3.8, 4) is 23.0 Å². The van der Waals surface area contributed by atoms with Crippen molar-refractivity contribution in [3.05, 3.63) is 53.6 Å². The summed E-state index contributed by atoms with van der Waals surface area (Å²) in [5.41, 5.74) is 3.85. The molecule has 1 saturated heterocycles. The van der Waals surface area contributed by atoms with E-state index in [1.807, 2.05) is 18.2 Å². The topological polar surface area (TPSA) is 89.0 Å². The second kappa shape index (κ2) is 8.61. The maximum absolute atomic E-state index is 6.56. The summed E-state index contributed by atoms with van der Waals surface area (Å²) in [5, 5.41) is 0.537. The summed E-state index contributed by atoms with van der Waals surface area (Å²) in [6.07, 6.45) is 3.28. The first-order valence-corrected chi connectivity index (χ1v) is 11.2. The molecule has 0 atom stereocenters. The zero-order valence-electron chi connectivity index (χ0n) is 18.8. The fraction of sp³-hybridized carbons (Fsp3) is 0.333. The molecule has 0 unspecified atom stereocenters. The third kappa shape index (κ3) is 4.62. The van der Waals surface area contributed by atoms with Gasteiger partial charge in [-0.1, -0.05) is 44.5 Å². The van der Waals surface area contributed by atoms with E-state index in [0.29, 0.717) is 33.6 Å². The Morgan fingerprint density at radius 3 is 2.39 bits per heavy atom. The molecule has 0 aliphatic carbocycles. The van der Waals surface area contributed by atoms with Gasteiger partial charge in [-0.2, -0.15) is 4.98 Å². The zero-order valence-corrected chi connectivity index (χ0v) is 19.6. The molecule has 1 aliphatic heterocycles. The molecule has 0 radical (unpaired) electrons. The van der Waals surface area contributed by atoms with Gasteiger partial charge in [-0.25, -0.2) is 15.0 Å². The molecule has 0 amide bonds. The predicted molar refractivity (Wildman–Crippen MR) is 128 cm³/mol. The summed E-state index contributed by atoms with van der Waals surface area (Å²) in [7, 11) is 0. The monoisotopic (exact) mass is 464 g/mol. The van der Waals surface area contributed by atoms with E-state index in [-0.39, 0.29) is 5.41 Å². The van der Waals surface area contributed by atoms with Crippen molar-refractivity contribution in [1.82, 2.24) is 24.9 Å². The Balaban J connectivity index is 1.38. The minimum absolute atomic E-state index is 0.130. The molecule has 1 N–H and O–H groups in total. The SMILES string of the molecule is CC(C)(C)c1ncc(Oc2nc3nc(-c4ccc(N5CCOCC5)cc4)c(Cl)cc3[nH]2)cn1. The van der Waals surface area contributed by atoms with Gasteiger partial charge in [-0.15, -0.1) is 0 Å². The van der Waals surface area contributed by atoms with Crippen molar-refractivity contribution >= 4 is 28.5 Å². The number of anilines is 1. The Bertz CT molecular complexity index is 1260. The summed E-state index contributed by atoms with van der Waals surface area (Å²) < 4.78 is 11.2. The number of H-pyrrole nitrogens is 1. The zero-order chi connectivity index (χ0) is 23.0. The van der Waals surface area contributed by atoms with Crippen molar-refractivity contribution in [2.24, 2.45) is 0 Å². The van der Waals surface area contributed by atoms with Gasteiger partial charge in [0.2, 0.25) is 0 Å². The summed E-state index contributed by atoms with van der Waals surface area (Å²) in [6.45, 7) is 9.47. The van der Waals surface area contributed by atoms with Gasteiger partial charge in [0.25, 0.3) is 0 Å². The van der Waals surface area contributed by atoms with E-state index in [9.17, 15) is 0 Å². The highest BCUT2D eigenvalue weighted by molar-refractivity contribution is 6.33. The molecular formula is C24H25ClN6O2. The highest BCUT2D eigenvalue weighted by Gasteiger charge is 2.18. The first kappa shape index (κ1) is 21.6. The van der Waals surface area contributed by atoms with Gasteiger partial charge in [-0.3, -0.25) is 0 Å². The number of fused-ring (bicyclic) bond motifs is 1. The minimum atomic E-state index is -0.130. The van der Waals surface area contributed by atoms with Crippen LogP contribution in [0.4, 0.5) is 5.69 Å². The van der Waals surface area contributed by atoms with Gasteiger partial charge in [0.15, 0.2) is 11.4 Å². The summed E-state index contributed by atoms with van der Waals surface area (Å²) in [5.74, 6) is 1.24. The van der Waals surface area contributed by atoms with Crippen LogP contribution in [0.2, 0.25) is 5.02 Å². The van der Waals surface area contributed by atoms with E-state index in [0.717, 1.165) is 43.4 Å². The molecule has 8 nitrogen and oxygen atoms in total. The molecule has 1 aromatic carbocycles. The number of nitrogens with one attached hydrogen (secondary N) is 1. The van der Waals surface area contributed by atoms with Crippen LogP contribution in [0.1, 0.15) is 26.6 Å². The predicted octanol–water partition coefficient (Wildman–Crippen LogP) is 4.99. The van der Waals surface area contributed by atoms with Crippen molar-refractivity contribution < 1.29 is 9.47 Å². The van der Waals surface area contributed by atoms with Crippen LogP contribution in [0.15, 0.2) is 42.7 Å². The molecule has 1 aliphatic rings.